The molecule has 0 aliphatic carbocycles. The zero-order valence-electron chi connectivity index (χ0n) is 5.42. The highest BCUT2D eigenvalue weighted by Crippen LogP contribution is 1.78. The SMILES string of the molecule is Cn1[nH]cc(N)c(=O)c1=O. The minimum absolute atomic E-state index is 0.0527. The Morgan fingerprint density at radius 2 is 2.20 bits per heavy atom. The van der Waals surface area contributed by atoms with E-state index in [0.29, 0.717) is 0 Å². The van der Waals surface area contributed by atoms with Gasteiger partial charge in [0.1, 0.15) is 5.69 Å². The van der Waals surface area contributed by atoms with E-state index < -0.39 is 11.0 Å². The van der Waals surface area contributed by atoms with Crippen LogP contribution in [0.5, 0.6) is 0 Å². The summed E-state index contributed by atoms with van der Waals surface area (Å²) in [7, 11) is 1.45. The molecule has 0 saturated heterocycles. The molecule has 0 fully saturated rings. The molecule has 5 nitrogen and oxygen atoms in total. The van der Waals surface area contributed by atoms with Gasteiger partial charge >= 0.3 is 5.56 Å². The normalized spacial score (nSPS) is 9.70. The van der Waals surface area contributed by atoms with Gasteiger partial charge in [-0.15, -0.1) is 0 Å². The first-order valence-electron chi connectivity index (χ1n) is 2.67. The van der Waals surface area contributed by atoms with Crippen LogP contribution in [0.2, 0.25) is 0 Å². The number of anilines is 1. The van der Waals surface area contributed by atoms with Crippen molar-refractivity contribution in [3.05, 3.63) is 26.8 Å². The van der Waals surface area contributed by atoms with E-state index in [1.54, 1.807) is 0 Å². The third kappa shape index (κ3) is 0.812. The van der Waals surface area contributed by atoms with E-state index in [4.69, 9.17) is 5.73 Å². The number of hydrogen-bond acceptors (Lipinski definition) is 3. The number of aromatic nitrogens is 2. The summed E-state index contributed by atoms with van der Waals surface area (Å²) in [5, 5.41) is 2.49. The van der Waals surface area contributed by atoms with Crippen LogP contribution in [0.15, 0.2) is 15.8 Å². The van der Waals surface area contributed by atoms with Crippen molar-refractivity contribution in [3.8, 4) is 0 Å². The topological polar surface area (TPSA) is 80.9 Å². The van der Waals surface area contributed by atoms with E-state index in [1.807, 2.05) is 0 Å². The van der Waals surface area contributed by atoms with Crippen molar-refractivity contribution in [2.45, 2.75) is 0 Å². The minimum Gasteiger partial charge on any atom is -0.394 e. The van der Waals surface area contributed by atoms with E-state index in [0.717, 1.165) is 4.68 Å². The molecule has 10 heavy (non-hydrogen) atoms. The molecule has 0 aromatic carbocycles. The lowest BCUT2D eigenvalue weighted by molar-refractivity contribution is 0.702. The molecule has 0 aliphatic rings. The summed E-state index contributed by atoms with van der Waals surface area (Å²) in [5.41, 5.74) is 3.78. The van der Waals surface area contributed by atoms with E-state index in [9.17, 15) is 9.59 Å². The van der Waals surface area contributed by atoms with Gasteiger partial charge in [0.15, 0.2) is 0 Å². The highest BCUT2D eigenvalue weighted by Gasteiger charge is 1.98. The molecular weight excluding hydrogens is 134 g/mol. The first-order chi connectivity index (χ1) is 4.63. The van der Waals surface area contributed by atoms with Gasteiger partial charge in [-0.25, -0.2) is 0 Å². The minimum atomic E-state index is -0.666. The quantitative estimate of drug-likeness (QED) is 0.438. The van der Waals surface area contributed by atoms with Gasteiger partial charge in [-0.05, 0) is 0 Å². The molecule has 0 radical (unpaired) electrons. The highest BCUT2D eigenvalue weighted by molar-refractivity contribution is 5.31. The Kier molecular flexibility index (Phi) is 1.33. The van der Waals surface area contributed by atoms with Crippen molar-refractivity contribution < 1.29 is 0 Å². The number of nitrogen functional groups attached to an aromatic ring is 1. The number of nitrogens with zero attached hydrogens (tertiary/aromatic N) is 1. The molecule has 1 rings (SSSR count). The van der Waals surface area contributed by atoms with Gasteiger partial charge in [0, 0.05) is 13.2 Å². The Hall–Kier alpha value is -1.52. The van der Waals surface area contributed by atoms with Crippen LogP contribution in [0.4, 0.5) is 5.69 Å². The first-order valence-corrected chi connectivity index (χ1v) is 2.67. The van der Waals surface area contributed by atoms with Crippen molar-refractivity contribution >= 4 is 5.69 Å². The molecule has 0 spiro atoms. The summed E-state index contributed by atoms with van der Waals surface area (Å²) >= 11 is 0. The molecule has 1 aromatic heterocycles. The van der Waals surface area contributed by atoms with Gasteiger partial charge in [-0.1, -0.05) is 0 Å². The maximum atomic E-state index is 10.7. The standard InChI is InChI=1S/C5H7N3O2/c1-8-5(10)4(9)3(6)2-7-8/h2,7H,6H2,1H3. The van der Waals surface area contributed by atoms with E-state index >= 15 is 0 Å². The average Bonchev–Trinajstić information content (AvgIpc) is 1.93. The van der Waals surface area contributed by atoms with Gasteiger partial charge in [-0.3, -0.25) is 14.3 Å². The smallest absolute Gasteiger partial charge is 0.314 e. The number of aryl methyl sites for hydroxylation is 1. The molecular formula is C5H7N3O2. The lowest BCUT2D eigenvalue weighted by atomic mass is 10.5. The molecule has 1 heterocycles. The molecule has 3 N–H and O–H groups in total. The van der Waals surface area contributed by atoms with Crippen molar-refractivity contribution in [3.63, 3.8) is 0 Å². The molecule has 5 heteroatoms. The Morgan fingerprint density at radius 1 is 1.60 bits per heavy atom. The van der Waals surface area contributed by atoms with Crippen molar-refractivity contribution in [2.75, 3.05) is 5.73 Å². The van der Waals surface area contributed by atoms with Gasteiger partial charge in [-0.2, -0.15) is 0 Å². The first kappa shape index (κ1) is 6.60. The number of hydrogen-bond donors (Lipinski definition) is 2. The second-order valence-electron chi connectivity index (χ2n) is 1.92. The predicted molar refractivity (Wildman–Crippen MR) is 36.7 cm³/mol. The van der Waals surface area contributed by atoms with Gasteiger partial charge in [0.05, 0.1) is 0 Å². The Balaban J connectivity index is 3.67. The van der Waals surface area contributed by atoms with E-state index in [-0.39, 0.29) is 5.69 Å². The molecule has 0 atom stereocenters. The number of H-pyrrole nitrogens is 1. The summed E-state index contributed by atoms with van der Waals surface area (Å²) in [6.07, 6.45) is 1.28. The maximum absolute atomic E-state index is 10.7. The molecule has 1 aromatic rings. The number of aromatic amines is 1. The highest BCUT2D eigenvalue weighted by atomic mass is 16.2. The number of rotatable bonds is 0. The van der Waals surface area contributed by atoms with Gasteiger partial charge in [0.2, 0.25) is 0 Å². The second kappa shape index (κ2) is 2.02. The molecule has 54 valence electrons. The van der Waals surface area contributed by atoms with Crippen LogP contribution in [0.1, 0.15) is 0 Å². The zero-order valence-corrected chi connectivity index (χ0v) is 5.42. The largest absolute Gasteiger partial charge is 0.394 e. The van der Waals surface area contributed by atoms with Gasteiger partial charge < -0.3 is 10.8 Å². The summed E-state index contributed by atoms with van der Waals surface area (Å²) in [6, 6.07) is 0. The Morgan fingerprint density at radius 3 is 2.70 bits per heavy atom. The Labute approximate surface area is 56.1 Å². The molecule has 0 saturated carbocycles. The van der Waals surface area contributed by atoms with Gasteiger partial charge in [0.25, 0.3) is 5.43 Å². The van der Waals surface area contributed by atoms with Crippen molar-refractivity contribution in [1.29, 1.82) is 0 Å². The monoisotopic (exact) mass is 141 g/mol. The van der Waals surface area contributed by atoms with Crippen LogP contribution >= 0.6 is 0 Å². The fourth-order valence-corrected chi connectivity index (χ4v) is 0.566. The fourth-order valence-electron chi connectivity index (χ4n) is 0.566. The zero-order chi connectivity index (χ0) is 7.72. The maximum Gasteiger partial charge on any atom is 0.314 e. The number of nitrogens with two attached hydrogens (primary N) is 1. The number of nitrogens with one attached hydrogen (secondary N) is 1. The van der Waals surface area contributed by atoms with Crippen LogP contribution in [-0.2, 0) is 7.05 Å². The van der Waals surface area contributed by atoms with Crippen LogP contribution in [0.3, 0.4) is 0 Å². The summed E-state index contributed by atoms with van der Waals surface area (Å²) < 4.78 is 1.07. The third-order valence-corrected chi connectivity index (χ3v) is 1.17. The summed E-state index contributed by atoms with van der Waals surface area (Å²) in [5.74, 6) is 0. The molecule has 0 amide bonds. The Bertz CT molecular complexity index is 314. The van der Waals surface area contributed by atoms with Crippen LogP contribution in [0, 0.1) is 0 Å². The third-order valence-electron chi connectivity index (χ3n) is 1.17. The summed E-state index contributed by atoms with van der Waals surface area (Å²) in [4.78, 5) is 21.4. The van der Waals surface area contributed by atoms with Crippen LogP contribution < -0.4 is 16.7 Å². The molecule has 0 aliphatic heterocycles. The van der Waals surface area contributed by atoms with Crippen LogP contribution in [0.25, 0.3) is 0 Å². The average molecular weight is 141 g/mol. The van der Waals surface area contributed by atoms with Crippen LogP contribution in [-0.4, -0.2) is 9.78 Å². The van der Waals surface area contributed by atoms with E-state index in [2.05, 4.69) is 5.10 Å². The molecule has 0 unspecified atom stereocenters. The predicted octanol–water partition coefficient (Wildman–Crippen LogP) is -1.34. The van der Waals surface area contributed by atoms with Crippen molar-refractivity contribution in [1.82, 2.24) is 9.78 Å². The summed E-state index contributed by atoms with van der Waals surface area (Å²) in [6.45, 7) is 0. The second-order valence-corrected chi connectivity index (χ2v) is 1.92. The fraction of sp³-hybridized carbons (Fsp3) is 0.200. The molecule has 0 bridgehead atoms. The lowest BCUT2D eigenvalue weighted by Crippen LogP contribution is -2.35. The van der Waals surface area contributed by atoms with Crippen molar-refractivity contribution in [2.24, 2.45) is 7.05 Å². The lowest BCUT2D eigenvalue weighted by Gasteiger charge is -1.94. The van der Waals surface area contributed by atoms with E-state index in [1.165, 1.54) is 13.2 Å².